The maximum absolute atomic E-state index is 13.6. The molecule has 0 aromatic heterocycles. The van der Waals surface area contributed by atoms with Crippen LogP contribution in [0.3, 0.4) is 0 Å². The topological polar surface area (TPSA) is 84.3 Å². The van der Waals surface area contributed by atoms with Crippen molar-refractivity contribution in [3.05, 3.63) is 69.5 Å². The number of alkyl halides is 3. The third-order valence-corrected chi connectivity index (χ3v) is 4.08. The molecule has 0 fully saturated rings. The summed E-state index contributed by atoms with van der Waals surface area (Å²) in [6.45, 7) is 1.68. The van der Waals surface area contributed by atoms with E-state index in [4.69, 9.17) is 0 Å². The molecule has 0 aliphatic carbocycles. The minimum Gasteiger partial charge on any atom is -0.379 e. The lowest BCUT2D eigenvalue weighted by Crippen LogP contribution is -2.35. The van der Waals surface area contributed by atoms with Crippen LogP contribution in [0.1, 0.15) is 24.5 Å². The van der Waals surface area contributed by atoms with Gasteiger partial charge in [0.1, 0.15) is 11.5 Å². The van der Waals surface area contributed by atoms with Crippen LogP contribution in [0.5, 0.6) is 0 Å². The zero-order valence-corrected chi connectivity index (χ0v) is 15.4. The van der Waals surface area contributed by atoms with Crippen molar-refractivity contribution in [2.75, 3.05) is 11.9 Å². The SMILES string of the molecule is CC(Cc1ccccc1F)NC(=O)CCNc1ccc(C(F)(F)F)cc1[N+](=O)[O-]. The first-order valence-corrected chi connectivity index (χ1v) is 8.70. The Kier molecular flexibility index (Phi) is 7.13. The number of nitro benzene ring substituents is 1. The molecule has 0 aliphatic rings. The number of carbonyl (C=O) groups is 1. The normalized spacial score (nSPS) is 12.3. The molecule has 2 rings (SSSR count). The van der Waals surface area contributed by atoms with Crippen molar-refractivity contribution in [1.29, 1.82) is 0 Å². The van der Waals surface area contributed by atoms with Crippen LogP contribution >= 0.6 is 0 Å². The number of halogens is 4. The molecule has 10 heteroatoms. The Hall–Kier alpha value is -3.17. The third-order valence-electron chi connectivity index (χ3n) is 4.08. The van der Waals surface area contributed by atoms with Crippen LogP contribution in [-0.2, 0) is 17.4 Å². The molecule has 6 nitrogen and oxygen atoms in total. The summed E-state index contributed by atoms with van der Waals surface area (Å²) in [4.78, 5) is 22.1. The molecule has 0 saturated heterocycles. The molecule has 2 aromatic rings. The van der Waals surface area contributed by atoms with Crippen molar-refractivity contribution in [3.8, 4) is 0 Å². The highest BCUT2D eigenvalue weighted by Crippen LogP contribution is 2.34. The molecule has 0 bridgehead atoms. The first-order chi connectivity index (χ1) is 13.6. The zero-order chi connectivity index (χ0) is 21.6. The molecule has 0 spiro atoms. The summed E-state index contributed by atoms with van der Waals surface area (Å²) in [7, 11) is 0. The van der Waals surface area contributed by atoms with Crippen molar-refractivity contribution in [2.24, 2.45) is 0 Å². The van der Waals surface area contributed by atoms with E-state index >= 15 is 0 Å². The highest BCUT2D eigenvalue weighted by molar-refractivity contribution is 5.77. The second-order valence-corrected chi connectivity index (χ2v) is 6.43. The molecule has 0 radical (unpaired) electrons. The van der Waals surface area contributed by atoms with E-state index in [9.17, 15) is 32.5 Å². The van der Waals surface area contributed by atoms with Gasteiger partial charge >= 0.3 is 6.18 Å². The van der Waals surface area contributed by atoms with Gasteiger partial charge in [0.2, 0.25) is 5.91 Å². The molecule has 2 N–H and O–H groups in total. The standard InChI is InChI=1S/C19H19F4N3O3/c1-12(10-13-4-2-3-5-15(13)20)25-18(27)8-9-24-16-7-6-14(19(21,22)23)11-17(16)26(28)29/h2-7,11-12,24H,8-10H2,1H3,(H,25,27). The highest BCUT2D eigenvalue weighted by atomic mass is 19.4. The lowest BCUT2D eigenvalue weighted by molar-refractivity contribution is -0.384. The molecule has 0 heterocycles. The maximum atomic E-state index is 13.6. The van der Waals surface area contributed by atoms with Gasteiger partial charge in [-0.05, 0) is 37.1 Å². The van der Waals surface area contributed by atoms with Gasteiger partial charge in [-0.3, -0.25) is 14.9 Å². The van der Waals surface area contributed by atoms with E-state index in [0.29, 0.717) is 11.6 Å². The number of hydrogen-bond acceptors (Lipinski definition) is 4. The second kappa shape index (κ2) is 9.35. The summed E-state index contributed by atoms with van der Waals surface area (Å²) in [6.07, 6.45) is -4.48. The van der Waals surface area contributed by atoms with Crippen LogP contribution in [0.2, 0.25) is 0 Å². The third kappa shape index (κ3) is 6.44. The van der Waals surface area contributed by atoms with Crippen LogP contribution in [0.15, 0.2) is 42.5 Å². The average Bonchev–Trinajstić information content (AvgIpc) is 2.62. The van der Waals surface area contributed by atoms with Gasteiger partial charge in [-0.15, -0.1) is 0 Å². The fourth-order valence-electron chi connectivity index (χ4n) is 2.71. The van der Waals surface area contributed by atoms with Crippen molar-refractivity contribution >= 4 is 17.3 Å². The Morgan fingerprint density at radius 3 is 2.52 bits per heavy atom. The van der Waals surface area contributed by atoms with E-state index in [1.165, 1.54) is 6.07 Å². The van der Waals surface area contributed by atoms with Gasteiger partial charge in [0.15, 0.2) is 0 Å². The fourth-order valence-corrected chi connectivity index (χ4v) is 2.71. The summed E-state index contributed by atoms with van der Waals surface area (Å²) in [5.74, 6) is -0.749. The van der Waals surface area contributed by atoms with Gasteiger partial charge in [0.05, 0.1) is 10.5 Å². The molecule has 1 atom stereocenters. The van der Waals surface area contributed by atoms with Gasteiger partial charge in [-0.2, -0.15) is 13.2 Å². The number of benzene rings is 2. The summed E-state index contributed by atoms with van der Waals surface area (Å²) < 4.78 is 51.7. The number of nitrogens with zero attached hydrogens (tertiary/aromatic N) is 1. The largest absolute Gasteiger partial charge is 0.416 e. The Balaban J connectivity index is 1.90. The van der Waals surface area contributed by atoms with Crippen LogP contribution in [0, 0.1) is 15.9 Å². The predicted octanol–water partition coefficient (Wildman–Crippen LogP) is 4.30. The van der Waals surface area contributed by atoms with Gasteiger partial charge in [-0.1, -0.05) is 18.2 Å². The number of nitrogens with one attached hydrogen (secondary N) is 2. The minimum absolute atomic E-state index is 0.0234. The Morgan fingerprint density at radius 1 is 1.21 bits per heavy atom. The molecule has 29 heavy (non-hydrogen) atoms. The Labute approximate surface area is 164 Å². The predicted molar refractivity (Wildman–Crippen MR) is 98.9 cm³/mol. The molecule has 1 unspecified atom stereocenters. The van der Waals surface area contributed by atoms with Crippen LogP contribution < -0.4 is 10.6 Å². The quantitative estimate of drug-likeness (QED) is 0.384. The van der Waals surface area contributed by atoms with Crippen molar-refractivity contribution in [1.82, 2.24) is 5.32 Å². The Morgan fingerprint density at radius 2 is 1.90 bits per heavy atom. The van der Waals surface area contributed by atoms with E-state index in [0.717, 1.165) is 12.1 Å². The fraction of sp³-hybridized carbons (Fsp3) is 0.316. The van der Waals surface area contributed by atoms with E-state index in [1.807, 2.05) is 0 Å². The monoisotopic (exact) mass is 413 g/mol. The lowest BCUT2D eigenvalue weighted by Gasteiger charge is -2.15. The smallest absolute Gasteiger partial charge is 0.379 e. The summed E-state index contributed by atoms with van der Waals surface area (Å²) in [5, 5.41) is 16.3. The molecule has 0 aliphatic heterocycles. The van der Waals surface area contributed by atoms with Crippen molar-refractivity contribution in [2.45, 2.75) is 32.0 Å². The lowest BCUT2D eigenvalue weighted by atomic mass is 10.1. The van der Waals surface area contributed by atoms with Crippen LogP contribution in [0.4, 0.5) is 28.9 Å². The molecular weight excluding hydrogens is 394 g/mol. The summed E-state index contributed by atoms with van der Waals surface area (Å²) in [5.41, 5.74) is -1.52. The maximum Gasteiger partial charge on any atom is 0.416 e. The number of rotatable bonds is 8. The summed E-state index contributed by atoms with van der Waals surface area (Å²) in [6, 6.07) is 7.97. The van der Waals surface area contributed by atoms with Gasteiger partial charge in [-0.25, -0.2) is 4.39 Å². The first-order valence-electron chi connectivity index (χ1n) is 8.70. The second-order valence-electron chi connectivity index (χ2n) is 6.43. The number of hydrogen-bond donors (Lipinski definition) is 2. The molecule has 2 aromatic carbocycles. The average molecular weight is 413 g/mol. The zero-order valence-electron chi connectivity index (χ0n) is 15.4. The molecule has 1 amide bonds. The highest BCUT2D eigenvalue weighted by Gasteiger charge is 2.33. The van der Waals surface area contributed by atoms with E-state index in [-0.39, 0.29) is 42.8 Å². The van der Waals surface area contributed by atoms with Crippen molar-refractivity contribution in [3.63, 3.8) is 0 Å². The number of carbonyl (C=O) groups excluding carboxylic acids is 1. The van der Waals surface area contributed by atoms with Crippen LogP contribution in [-0.4, -0.2) is 23.4 Å². The Bertz CT molecular complexity index is 887. The van der Waals surface area contributed by atoms with Crippen LogP contribution in [0.25, 0.3) is 0 Å². The van der Waals surface area contributed by atoms with E-state index in [2.05, 4.69) is 10.6 Å². The number of anilines is 1. The van der Waals surface area contributed by atoms with E-state index in [1.54, 1.807) is 25.1 Å². The van der Waals surface area contributed by atoms with Gasteiger partial charge < -0.3 is 10.6 Å². The number of amides is 1. The minimum atomic E-state index is -4.70. The van der Waals surface area contributed by atoms with Crippen molar-refractivity contribution < 1.29 is 27.3 Å². The first kappa shape index (κ1) is 22.1. The van der Waals surface area contributed by atoms with Gasteiger partial charge in [0, 0.05) is 25.1 Å². The molecular formula is C19H19F4N3O3. The molecule has 0 saturated carbocycles. The van der Waals surface area contributed by atoms with Gasteiger partial charge in [0.25, 0.3) is 5.69 Å². The number of nitro groups is 1. The summed E-state index contributed by atoms with van der Waals surface area (Å²) >= 11 is 0. The van der Waals surface area contributed by atoms with E-state index < -0.39 is 22.4 Å². The molecule has 156 valence electrons.